The number of nitro groups is 1. The third-order valence-corrected chi connectivity index (χ3v) is 2.56. The summed E-state index contributed by atoms with van der Waals surface area (Å²) in [4.78, 5) is 15.0. The van der Waals surface area contributed by atoms with Gasteiger partial charge in [0.1, 0.15) is 6.61 Å². The SMILES string of the molecule is CCC(C)=NOCc1c(C(F)F)cccc1[N+](=O)[O-]. The van der Waals surface area contributed by atoms with E-state index in [1.165, 1.54) is 12.1 Å². The molecule has 0 spiro atoms. The maximum atomic E-state index is 12.8. The molecule has 1 rings (SSSR count). The fourth-order valence-corrected chi connectivity index (χ4v) is 1.40. The van der Waals surface area contributed by atoms with Gasteiger partial charge >= 0.3 is 0 Å². The molecule has 0 aliphatic rings. The Kier molecular flexibility index (Phi) is 5.35. The van der Waals surface area contributed by atoms with Crippen molar-refractivity contribution in [2.45, 2.75) is 33.3 Å². The van der Waals surface area contributed by atoms with Crippen LogP contribution in [-0.4, -0.2) is 10.6 Å². The molecule has 7 heteroatoms. The topological polar surface area (TPSA) is 64.7 Å². The highest BCUT2D eigenvalue weighted by Crippen LogP contribution is 2.30. The first kappa shape index (κ1) is 15.0. The van der Waals surface area contributed by atoms with E-state index in [0.717, 1.165) is 6.07 Å². The molecule has 0 atom stereocenters. The Hall–Kier alpha value is -2.05. The molecular weight excluding hydrogens is 258 g/mol. The van der Waals surface area contributed by atoms with Gasteiger partial charge in [0.2, 0.25) is 0 Å². The number of hydrogen-bond acceptors (Lipinski definition) is 4. The average molecular weight is 272 g/mol. The van der Waals surface area contributed by atoms with E-state index in [-0.39, 0.29) is 17.9 Å². The summed E-state index contributed by atoms with van der Waals surface area (Å²) < 4.78 is 25.6. The molecule has 0 aromatic heterocycles. The first-order valence-electron chi connectivity index (χ1n) is 5.67. The zero-order valence-electron chi connectivity index (χ0n) is 10.6. The van der Waals surface area contributed by atoms with E-state index in [4.69, 9.17) is 4.84 Å². The normalized spacial score (nSPS) is 11.7. The minimum atomic E-state index is -2.80. The minimum Gasteiger partial charge on any atom is -0.391 e. The number of nitro benzene ring substituents is 1. The van der Waals surface area contributed by atoms with Gasteiger partial charge in [-0.25, -0.2) is 8.78 Å². The van der Waals surface area contributed by atoms with Crippen LogP contribution in [0.2, 0.25) is 0 Å². The van der Waals surface area contributed by atoms with E-state index in [0.29, 0.717) is 12.1 Å². The second kappa shape index (κ2) is 6.77. The highest BCUT2D eigenvalue weighted by atomic mass is 19.3. The zero-order chi connectivity index (χ0) is 14.4. The first-order chi connectivity index (χ1) is 8.97. The molecule has 104 valence electrons. The Morgan fingerprint density at radius 2 is 2.21 bits per heavy atom. The van der Waals surface area contributed by atoms with Gasteiger partial charge in [-0.1, -0.05) is 24.2 Å². The predicted molar refractivity (Wildman–Crippen MR) is 66.2 cm³/mol. The van der Waals surface area contributed by atoms with Crippen molar-refractivity contribution in [3.63, 3.8) is 0 Å². The lowest BCUT2D eigenvalue weighted by molar-refractivity contribution is -0.386. The number of alkyl halides is 2. The molecular formula is C12H14F2N2O3. The zero-order valence-corrected chi connectivity index (χ0v) is 10.6. The number of oxime groups is 1. The van der Waals surface area contributed by atoms with Crippen molar-refractivity contribution < 1.29 is 18.5 Å². The van der Waals surface area contributed by atoms with Crippen molar-refractivity contribution in [3.8, 4) is 0 Å². The predicted octanol–water partition coefficient (Wildman–Crippen LogP) is 3.83. The highest BCUT2D eigenvalue weighted by molar-refractivity contribution is 5.80. The lowest BCUT2D eigenvalue weighted by atomic mass is 10.1. The van der Waals surface area contributed by atoms with Crippen LogP contribution in [0.15, 0.2) is 23.4 Å². The Morgan fingerprint density at radius 1 is 1.53 bits per heavy atom. The van der Waals surface area contributed by atoms with Crippen molar-refractivity contribution in [1.82, 2.24) is 0 Å². The molecule has 1 aromatic carbocycles. The molecule has 5 nitrogen and oxygen atoms in total. The van der Waals surface area contributed by atoms with Gasteiger partial charge in [0.05, 0.1) is 16.2 Å². The van der Waals surface area contributed by atoms with E-state index >= 15 is 0 Å². The van der Waals surface area contributed by atoms with Crippen LogP contribution in [0.5, 0.6) is 0 Å². The Labute approximate surface area is 109 Å². The van der Waals surface area contributed by atoms with Gasteiger partial charge in [0.25, 0.3) is 12.1 Å². The molecule has 0 saturated carbocycles. The summed E-state index contributed by atoms with van der Waals surface area (Å²) in [7, 11) is 0. The van der Waals surface area contributed by atoms with Crippen molar-refractivity contribution >= 4 is 11.4 Å². The molecule has 1 aromatic rings. The second-order valence-electron chi connectivity index (χ2n) is 3.86. The van der Waals surface area contributed by atoms with Gasteiger partial charge in [0.15, 0.2) is 0 Å². The van der Waals surface area contributed by atoms with E-state index in [2.05, 4.69) is 5.16 Å². The van der Waals surface area contributed by atoms with Gasteiger partial charge in [0, 0.05) is 11.6 Å². The second-order valence-corrected chi connectivity index (χ2v) is 3.86. The third-order valence-electron chi connectivity index (χ3n) is 2.56. The van der Waals surface area contributed by atoms with Crippen LogP contribution in [0.4, 0.5) is 14.5 Å². The lowest BCUT2D eigenvalue weighted by Gasteiger charge is -2.08. The van der Waals surface area contributed by atoms with E-state index in [1.807, 2.05) is 6.92 Å². The van der Waals surface area contributed by atoms with Crippen LogP contribution in [-0.2, 0) is 11.4 Å². The monoisotopic (exact) mass is 272 g/mol. The summed E-state index contributed by atoms with van der Waals surface area (Å²) in [6, 6.07) is 3.54. The van der Waals surface area contributed by atoms with Gasteiger partial charge in [-0.2, -0.15) is 0 Å². The van der Waals surface area contributed by atoms with Gasteiger partial charge < -0.3 is 4.84 Å². The van der Waals surface area contributed by atoms with Crippen LogP contribution in [0.3, 0.4) is 0 Å². The summed E-state index contributed by atoms with van der Waals surface area (Å²) in [5.41, 5.74) is -0.256. The molecule has 0 aliphatic carbocycles. The summed E-state index contributed by atoms with van der Waals surface area (Å²) in [5, 5.41) is 14.5. The Balaban J connectivity index is 3.04. The number of rotatable bonds is 6. The molecule has 0 fully saturated rings. The lowest BCUT2D eigenvalue weighted by Crippen LogP contribution is -2.03. The summed E-state index contributed by atoms with van der Waals surface area (Å²) in [6.07, 6.45) is -2.15. The summed E-state index contributed by atoms with van der Waals surface area (Å²) in [5.74, 6) is 0. The molecule has 0 amide bonds. The van der Waals surface area contributed by atoms with Crippen LogP contribution >= 0.6 is 0 Å². The maximum Gasteiger partial charge on any atom is 0.276 e. The quantitative estimate of drug-likeness (QED) is 0.449. The molecule has 19 heavy (non-hydrogen) atoms. The maximum absolute atomic E-state index is 12.8. The van der Waals surface area contributed by atoms with Crippen LogP contribution in [0.1, 0.15) is 37.8 Å². The number of halogens is 2. The van der Waals surface area contributed by atoms with Gasteiger partial charge in [-0.15, -0.1) is 0 Å². The largest absolute Gasteiger partial charge is 0.391 e. The number of benzene rings is 1. The number of nitrogens with zero attached hydrogens (tertiary/aromatic N) is 2. The smallest absolute Gasteiger partial charge is 0.276 e. The van der Waals surface area contributed by atoms with E-state index in [1.54, 1.807) is 6.92 Å². The fraction of sp³-hybridized carbons (Fsp3) is 0.417. The highest BCUT2D eigenvalue weighted by Gasteiger charge is 2.22. The van der Waals surface area contributed by atoms with E-state index in [9.17, 15) is 18.9 Å². The molecule has 0 heterocycles. The molecule has 0 radical (unpaired) electrons. The molecule has 0 N–H and O–H groups in total. The van der Waals surface area contributed by atoms with Crippen LogP contribution < -0.4 is 0 Å². The van der Waals surface area contributed by atoms with Crippen LogP contribution in [0, 0.1) is 10.1 Å². The summed E-state index contributed by atoms with van der Waals surface area (Å²) in [6.45, 7) is 3.22. The molecule has 0 saturated heterocycles. The van der Waals surface area contributed by atoms with E-state index < -0.39 is 16.9 Å². The third kappa shape index (κ3) is 3.97. The Bertz CT molecular complexity index is 490. The van der Waals surface area contributed by atoms with Crippen molar-refractivity contribution in [3.05, 3.63) is 39.4 Å². The van der Waals surface area contributed by atoms with Crippen molar-refractivity contribution in [1.29, 1.82) is 0 Å². The fourth-order valence-electron chi connectivity index (χ4n) is 1.40. The standard InChI is InChI=1S/C12H14F2N2O3/c1-3-8(2)15-19-7-10-9(12(13)14)5-4-6-11(10)16(17)18/h4-6,12H,3,7H2,1-2H3. The molecule has 0 aliphatic heterocycles. The minimum absolute atomic E-state index is 0.143. The summed E-state index contributed by atoms with van der Waals surface area (Å²) >= 11 is 0. The van der Waals surface area contributed by atoms with Gasteiger partial charge in [-0.05, 0) is 13.3 Å². The van der Waals surface area contributed by atoms with Crippen molar-refractivity contribution in [2.75, 3.05) is 0 Å². The average Bonchev–Trinajstić information content (AvgIpc) is 2.37. The Morgan fingerprint density at radius 3 is 2.74 bits per heavy atom. The van der Waals surface area contributed by atoms with Crippen molar-refractivity contribution in [2.24, 2.45) is 5.16 Å². The van der Waals surface area contributed by atoms with Gasteiger partial charge in [-0.3, -0.25) is 10.1 Å². The first-order valence-corrected chi connectivity index (χ1v) is 5.67. The van der Waals surface area contributed by atoms with Crippen LogP contribution in [0.25, 0.3) is 0 Å². The number of hydrogen-bond donors (Lipinski definition) is 0. The molecule has 0 bridgehead atoms. The molecule has 0 unspecified atom stereocenters.